The average Bonchev–Trinajstić information content (AvgIpc) is 2.99. The van der Waals surface area contributed by atoms with Crippen molar-refractivity contribution < 1.29 is 9.90 Å². The Morgan fingerprint density at radius 3 is 2.64 bits per heavy atom. The Morgan fingerprint density at radius 2 is 2.00 bits per heavy atom. The van der Waals surface area contributed by atoms with Gasteiger partial charge in [-0.3, -0.25) is 4.68 Å². The highest BCUT2D eigenvalue weighted by Gasteiger charge is 2.20. The number of anilines is 1. The summed E-state index contributed by atoms with van der Waals surface area (Å²) >= 11 is 0. The van der Waals surface area contributed by atoms with E-state index < -0.39 is 0 Å². The predicted octanol–water partition coefficient (Wildman–Crippen LogP) is 3.34. The molecule has 1 unspecified atom stereocenters. The molecule has 2 N–H and O–H groups in total. The minimum atomic E-state index is -0.186. The van der Waals surface area contributed by atoms with Crippen LogP contribution in [-0.2, 0) is 13.1 Å². The Hall–Kier alpha value is -2.34. The fraction of sp³-hybridized carbons (Fsp3) is 0.474. The molecule has 0 radical (unpaired) electrons. The van der Waals surface area contributed by atoms with Crippen LogP contribution in [0.5, 0.6) is 0 Å². The number of aliphatic hydroxyl groups excluding tert-OH is 1. The number of nitrogens with one attached hydrogen (secondary N) is 1. The van der Waals surface area contributed by atoms with Gasteiger partial charge in [-0.1, -0.05) is 44.2 Å². The van der Waals surface area contributed by atoms with E-state index in [1.807, 2.05) is 48.1 Å². The average molecular weight is 344 g/mol. The lowest BCUT2D eigenvalue weighted by Gasteiger charge is -2.29. The first-order valence-electron chi connectivity index (χ1n) is 8.74. The van der Waals surface area contributed by atoms with Crippen molar-refractivity contribution in [3.05, 3.63) is 48.3 Å². The number of hydrogen-bond acceptors (Lipinski definition) is 3. The second kappa shape index (κ2) is 9.22. The third kappa shape index (κ3) is 5.90. The zero-order valence-corrected chi connectivity index (χ0v) is 15.2. The molecular weight excluding hydrogens is 316 g/mol. The van der Waals surface area contributed by atoms with Gasteiger partial charge in [-0.15, -0.1) is 0 Å². The normalized spacial score (nSPS) is 12.2. The van der Waals surface area contributed by atoms with Crippen molar-refractivity contribution in [3.8, 4) is 0 Å². The standard InChI is InChI=1S/C19H28N4O2/c1-15(2)12-22-14-18(11-20-22)21-19(25)23(16(3)9-10-24)13-17-7-5-4-6-8-17/h4-8,11,14-16,24H,9-10,12-13H2,1-3H3,(H,21,25). The number of aromatic nitrogens is 2. The number of carbonyl (C=O) groups is 1. The Morgan fingerprint density at radius 1 is 1.28 bits per heavy atom. The van der Waals surface area contributed by atoms with E-state index in [9.17, 15) is 9.90 Å². The molecule has 0 aliphatic rings. The number of rotatable bonds is 8. The van der Waals surface area contributed by atoms with E-state index in [0.717, 1.165) is 12.1 Å². The van der Waals surface area contributed by atoms with Gasteiger partial charge in [-0.05, 0) is 24.8 Å². The topological polar surface area (TPSA) is 70.4 Å². The minimum absolute atomic E-state index is 0.0477. The van der Waals surface area contributed by atoms with Crippen LogP contribution in [0.25, 0.3) is 0 Å². The number of benzene rings is 1. The van der Waals surface area contributed by atoms with Crippen molar-refractivity contribution in [1.82, 2.24) is 14.7 Å². The van der Waals surface area contributed by atoms with Crippen LogP contribution in [0.3, 0.4) is 0 Å². The molecule has 0 aliphatic heterocycles. The molecule has 0 bridgehead atoms. The van der Waals surface area contributed by atoms with Gasteiger partial charge in [0.05, 0.1) is 11.9 Å². The lowest BCUT2D eigenvalue weighted by molar-refractivity contribution is 0.169. The highest BCUT2D eigenvalue weighted by atomic mass is 16.3. The fourth-order valence-electron chi connectivity index (χ4n) is 2.65. The summed E-state index contributed by atoms with van der Waals surface area (Å²) in [6, 6.07) is 9.59. The Bertz CT molecular complexity index is 654. The second-order valence-corrected chi connectivity index (χ2v) is 6.75. The first-order chi connectivity index (χ1) is 12.0. The van der Waals surface area contributed by atoms with Crippen LogP contribution in [0.4, 0.5) is 10.5 Å². The van der Waals surface area contributed by atoms with Crippen LogP contribution in [0, 0.1) is 5.92 Å². The van der Waals surface area contributed by atoms with Crippen molar-refractivity contribution in [2.24, 2.45) is 5.92 Å². The molecular formula is C19H28N4O2. The highest BCUT2D eigenvalue weighted by molar-refractivity contribution is 5.89. The van der Waals surface area contributed by atoms with Crippen molar-refractivity contribution in [2.45, 2.75) is 46.3 Å². The fourth-order valence-corrected chi connectivity index (χ4v) is 2.65. The first-order valence-corrected chi connectivity index (χ1v) is 8.74. The van der Waals surface area contributed by atoms with Gasteiger partial charge in [-0.25, -0.2) is 4.79 Å². The van der Waals surface area contributed by atoms with Crippen molar-refractivity contribution in [1.29, 1.82) is 0 Å². The van der Waals surface area contributed by atoms with Crippen molar-refractivity contribution >= 4 is 11.7 Å². The zero-order chi connectivity index (χ0) is 18.2. The molecule has 2 amide bonds. The molecule has 136 valence electrons. The third-order valence-corrected chi connectivity index (χ3v) is 3.97. The van der Waals surface area contributed by atoms with Crippen LogP contribution in [0.15, 0.2) is 42.7 Å². The molecule has 25 heavy (non-hydrogen) atoms. The van der Waals surface area contributed by atoms with Gasteiger partial charge in [0.15, 0.2) is 0 Å². The lowest BCUT2D eigenvalue weighted by atomic mass is 10.1. The SMILES string of the molecule is CC(C)Cn1cc(NC(=O)N(Cc2ccccc2)C(C)CCO)cn1. The number of hydrogen-bond donors (Lipinski definition) is 2. The van der Waals surface area contributed by atoms with Crippen LogP contribution in [0.2, 0.25) is 0 Å². The largest absolute Gasteiger partial charge is 0.396 e. The number of aliphatic hydroxyl groups is 1. The minimum Gasteiger partial charge on any atom is -0.396 e. The summed E-state index contributed by atoms with van der Waals surface area (Å²) in [5, 5.41) is 16.4. The van der Waals surface area contributed by atoms with Crippen LogP contribution in [0.1, 0.15) is 32.8 Å². The predicted molar refractivity (Wildman–Crippen MR) is 99.2 cm³/mol. The number of amides is 2. The summed E-state index contributed by atoms with van der Waals surface area (Å²) in [4.78, 5) is 14.5. The smallest absolute Gasteiger partial charge is 0.322 e. The van der Waals surface area contributed by atoms with Gasteiger partial charge >= 0.3 is 6.03 Å². The summed E-state index contributed by atoms with van der Waals surface area (Å²) in [7, 11) is 0. The molecule has 2 aromatic rings. The molecule has 1 atom stereocenters. The van der Waals surface area contributed by atoms with Gasteiger partial charge in [0.2, 0.25) is 0 Å². The molecule has 1 aromatic heterocycles. The van der Waals surface area contributed by atoms with E-state index in [4.69, 9.17) is 0 Å². The van der Waals surface area contributed by atoms with E-state index in [2.05, 4.69) is 24.3 Å². The molecule has 1 heterocycles. The number of carbonyl (C=O) groups excluding carboxylic acids is 1. The second-order valence-electron chi connectivity index (χ2n) is 6.75. The maximum Gasteiger partial charge on any atom is 0.322 e. The van der Waals surface area contributed by atoms with E-state index in [-0.39, 0.29) is 18.7 Å². The molecule has 0 saturated carbocycles. The van der Waals surface area contributed by atoms with Gasteiger partial charge in [0.1, 0.15) is 0 Å². The van der Waals surface area contributed by atoms with Gasteiger partial charge in [-0.2, -0.15) is 5.10 Å². The molecule has 0 spiro atoms. The summed E-state index contributed by atoms with van der Waals surface area (Å²) in [6.45, 7) is 7.54. The monoisotopic (exact) mass is 344 g/mol. The summed E-state index contributed by atoms with van der Waals surface area (Å²) < 4.78 is 1.83. The van der Waals surface area contributed by atoms with Gasteiger partial charge in [0, 0.05) is 31.9 Å². The van der Waals surface area contributed by atoms with E-state index in [0.29, 0.717) is 24.6 Å². The molecule has 0 fully saturated rings. The Labute approximate surface area is 149 Å². The maximum atomic E-state index is 12.8. The maximum absolute atomic E-state index is 12.8. The number of urea groups is 1. The molecule has 0 aliphatic carbocycles. The van der Waals surface area contributed by atoms with E-state index in [1.54, 1.807) is 11.1 Å². The molecule has 1 aromatic carbocycles. The Balaban J connectivity index is 2.07. The molecule has 6 heteroatoms. The first kappa shape index (κ1) is 19.0. The van der Waals surface area contributed by atoms with E-state index in [1.165, 1.54) is 0 Å². The zero-order valence-electron chi connectivity index (χ0n) is 15.2. The lowest BCUT2D eigenvalue weighted by Crippen LogP contribution is -2.41. The molecule has 2 rings (SSSR count). The van der Waals surface area contributed by atoms with Crippen LogP contribution >= 0.6 is 0 Å². The summed E-state index contributed by atoms with van der Waals surface area (Å²) in [5.41, 5.74) is 1.73. The number of nitrogens with zero attached hydrogens (tertiary/aromatic N) is 3. The summed E-state index contributed by atoms with van der Waals surface area (Å²) in [6.07, 6.45) is 4.04. The Kier molecular flexibility index (Phi) is 7.01. The van der Waals surface area contributed by atoms with Gasteiger partial charge in [0.25, 0.3) is 0 Å². The molecule has 6 nitrogen and oxygen atoms in total. The third-order valence-electron chi connectivity index (χ3n) is 3.97. The quantitative estimate of drug-likeness (QED) is 0.771. The van der Waals surface area contributed by atoms with Gasteiger partial charge < -0.3 is 15.3 Å². The van der Waals surface area contributed by atoms with Crippen molar-refractivity contribution in [2.75, 3.05) is 11.9 Å². The van der Waals surface area contributed by atoms with E-state index >= 15 is 0 Å². The van der Waals surface area contributed by atoms with Crippen molar-refractivity contribution in [3.63, 3.8) is 0 Å². The van der Waals surface area contributed by atoms with Crippen LogP contribution in [-0.4, -0.2) is 38.5 Å². The van der Waals surface area contributed by atoms with Crippen LogP contribution < -0.4 is 5.32 Å². The highest BCUT2D eigenvalue weighted by Crippen LogP contribution is 2.14. The summed E-state index contributed by atoms with van der Waals surface area (Å²) in [5.74, 6) is 0.489. The molecule has 0 saturated heterocycles.